The van der Waals surface area contributed by atoms with E-state index in [0.717, 1.165) is 12.0 Å². The van der Waals surface area contributed by atoms with Gasteiger partial charge in [-0.3, -0.25) is 4.79 Å². The molecule has 2 aromatic rings. The molecule has 2 aliphatic rings. The third-order valence-electron chi connectivity index (χ3n) is 7.10. The van der Waals surface area contributed by atoms with Gasteiger partial charge >= 0.3 is 0 Å². The molecule has 0 aliphatic heterocycles. The van der Waals surface area contributed by atoms with Gasteiger partial charge in [0.2, 0.25) is 0 Å². The highest BCUT2D eigenvalue weighted by Crippen LogP contribution is 2.49. The summed E-state index contributed by atoms with van der Waals surface area (Å²) in [4.78, 5) is 13.3. The quantitative estimate of drug-likeness (QED) is 0.615. The van der Waals surface area contributed by atoms with E-state index in [9.17, 15) is 4.79 Å². The Bertz CT molecular complexity index is 916. The Labute approximate surface area is 157 Å². The molecule has 0 amide bonds. The minimum Gasteiger partial charge on any atom is -0.293 e. The number of rotatable bonds is 1. The average molecular weight is 347 g/mol. The molecule has 1 atom stereocenters. The van der Waals surface area contributed by atoms with Crippen molar-refractivity contribution in [1.82, 2.24) is 0 Å². The molecular weight excluding hydrogens is 316 g/mol. The smallest absolute Gasteiger partial charge is 0.173 e. The summed E-state index contributed by atoms with van der Waals surface area (Å²) in [5.41, 5.74) is 7.43. The predicted octanol–water partition coefficient (Wildman–Crippen LogP) is 6.04. The van der Waals surface area contributed by atoms with Crippen LogP contribution in [0.3, 0.4) is 0 Å². The summed E-state index contributed by atoms with van der Waals surface area (Å²) in [5, 5.41) is 0. The minimum atomic E-state index is -0.444. The summed E-state index contributed by atoms with van der Waals surface area (Å²) in [6.45, 7) is 13.8. The first-order chi connectivity index (χ1) is 12.1. The Hall–Kier alpha value is -1.89. The molecule has 0 bridgehead atoms. The van der Waals surface area contributed by atoms with Gasteiger partial charge in [-0.05, 0) is 71.8 Å². The zero-order valence-electron chi connectivity index (χ0n) is 17.0. The number of hydrogen-bond acceptors (Lipinski definition) is 1. The predicted molar refractivity (Wildman–Crippen MR) is 108 cm³/mol. The average Bonchev–Trinajstić information content (AvgIpc) is 2.84. The van der Waals surface area contributed by atoms with E-state index >= 15 is 0 Å². The number of hydrogen-bond donors (Lipinski definition) is 0. The van der Waals surface area contributed by atoms with Crippen molar-refractivity contribution in [2.75, 3.05) is 0 Å². The maximum Gasteiger partial charge on any atom is 0.173 e. The van der Waals surface area contributed by atoms with Gasteiger partial charge in [0.05, 0.1) is 5.41 Å². The van der Waals surface area contributed by atoms with Crippen molar-refractivity contribution in [2.45, 2.75) is 77.0 Å². The molecule has 0 aromatic heterocycles. The molecule has 0 radical (unpaired) electrons. The normalized spacial score (nSPS) is 25.7. The Morgan fingerprint density at radius 3 is 2.00 bits per heavy atom. The molecular formula is C25H30O. The van der Waals surface area contributed by atoms with Gasteiger partial charge in [0.1, 0.15) is 0 Å². The number of carbonyl (C=O) groups excluding carboxylic acids is 1. The fourth-order valence-corrected chi connectivity index (χ4v) is 5.19. The first-order valence-electron chi connectivity index (χ1n) is 9.85. The summed E-state index contributed by atoms with van der Waals surface area (Å²) in [6.07, 6.45) is 3.22. The van der Waals surface area contributed by atoms with Gasteiger partial charge in [0.15, 0.2) is 5.78 Å². The summed E-state index contributed by atoms with van der Waals surface area (Å²) in [5.74, 6) is 0.282. The summed E-state index contributed by atoms with van der Waals surface area (Å²) in [7, 11) is 0. The van der Waals surface area contributed by atoms with Crippen LogP contribution in [-0.4, -0.2) is 5.78 Å². The molecule has 136 valence electrons. The van der Waals surface area contributed by atoms with Crippen LogP contribution in [0.2, 0.25) is 0 Å². The molecule has 26 heavy (non-hydrogen) atoms. The van der Waals surface area contributed by atoms with Gasteiger partial charge in [-0.2, -0.15) is 0 Å². The Kier molecular flexibility index (Phi) is 3.58. The highest BCUT2D eigenvalue weighted by molar-refractivity contribution is 6.08. The first-order valence-corrected chi connectivity index (χ1v) is 9.85. The van der Waals surface area contributed by atoms with E-state index in [2.05, 4.69) is 59.7 Å². The molecule has 1 heteroatoms. The van der Waals surface area contributed by atoms with Crippen LogP contribution in [0.25, 0.3) is 0 Å². The molecule has 0 saturated carbocycles. The molecule has 2 aromatic carbocycles. The van der Waals surface area contributed by atoms with Crippen LogP contribution < -0.4 is 0 Å². The molecule has 0 spiro atoms. The highest BCUT2D eigenvalue weighted by Gasteiger charge is 2.45. The van der Waals surface area contributed by atoms with Crippen molar-refractivity contribution in [3.05, 3.63) is 69.8 Å². The van der Waals surface area contributed by atoms with Crippen LogP contribution in [0.15, 0.2) is 36.4 Å². The fraction of sp³-hybridized carbons (Fsp3) is 0.480. The monoisotopic (exact) mass is 346 g/mol. The van der Waals surface area contributed by atoms with E-state index in [-0.39, 0.29) is 16.6 Å². The van der Waals surface area contributed by atoms with Crippen molar-refractivity contribution >= 4 is 5.78 Å². The standard InChI is InChI=1S/C25H30O/c1-16-13-20-21(24(4,5)12-11-23(20,2)3)14-19(16)25(6)15-17-9-7-8-10-18(17)22(25)26/h7-10,13-14H,11-12,15H2,1-6H3/t25-/m0/s1. The Balaban J connectivity index is 1.91. The van der Waals surface area contributed by atoms with E-state index < -0.39 is 5.41 Å². The van der Waals surface area contributed by atoms with Crippen molar-refractivity contribution in [3.8, 4) is 0 Å². The third-order valence-corrected chi connectivity index (χ3v) is 7.10. The minimum absolute atomic E-state index is 0.165. The van der Waals surface area contributed by atoms with Crippen LogP contribution in [0, 0.1) is 6.92 Å². The molecule has 4 rings (SSSR count). The van der Waals surface area contributed by atoms with E-state index in [1.165, 1.54) is 40.7 Å². The third kappa shape index (κ3) is 2.32. The number of ketones is 1. The number of Topliss-reactive ketones (excluding diaryl/α,β-unsaturated/α-hetero) is 1. The molecule has 0 saturated heterocycles. The lowest BCUT2D eigenvalue weighted by Crippen LogP contribution is -2.36. The molecule has 0 N–H and O–H groups in total. The fourth-order valence-electron chi connectivity index (χ4n) is 5.19. The SMILES string of the molecule is Cc1cc2c(cc1[C@]1(C)Cc3ccccc3C1=O)C(C)(C)CCC2(C)C. The van der Waals surface area contributed by atoms with E-state index in [4.69, 9.17) is 0 Å². The Morgan fingerprint density at radius 2 is 1.38 bits per heavy atom. The van der Waals surface area contributed by atoms with Gasteiger partial charge < -0.3 is 0 Å². The maximum absolute atomic E-state index is 13.3. The molecule has 0 fully saturated rings. The molecule has 2 aliphatic carbocycles. The highest BCUT2D eigenvalue weighted by atomic mass is 16.1. The van der Waals surface area contributed by atoms with Gasteiger partial charge in [-0.25, -0.2) is 0 Å². The van der Waals surface area contributed by atoms with Gasteiger partial charge in [0, 0.05) is 5.56 Å². The van der Waals surface area contributed by atoms with E-state index in [1.807, 2.05) is 18.2 Å². The number of carbonyl (C=O) groups is 1. The lowest BCUT2D eigenvalue weighted by molar-refractivity contribution is 0.0914. The largest absolute Gasteiger partial charge is 0.293 e. The number of fused-ring (bicyclic) bond motifs is 2. The second-order valence-corrected chi connectivity index (χ2v) is 9.98. The molecule has 1 nitrogen and oxygen atoms in total. The zero-order valence-corrected chi connectivity index (χ0v) is 17.0. The molecule has 0 unspecified atom stereocenters. The van der Waals surface area contributed by atoms with E-state index in [1.54, 1.807) is 0 Å². The van der Waals surface area contributed by atoms with Crippen molar-refractivity contribution in [1.29, 1.82) is 0 Å². The van der Waals surface area contributed by atoms with Crippen molar-refractivity contribution in [3.63, 3.8) is 0 Å². The number of aryl methyl sites for hydroxylation is 1. The van der Waals surface area contributed by atoms with Gasteiger partial charge in [0.25, 0.3) is 0 Å². The second kappa shape index (κ2) is 5.31. The van der Waals surface area contributed by atoms with Crippen molar-refractivity contribution in [2.24, 2.45) is 0 Å². The maximum atomic E-state index is 13.3. The van der Waals surface area contributed by atoms with E-state index in [0.29, 0.717) is 0 Å². The first kappa shape index (κ1) is 17.5. The summed E-state index contributed by atoms with van der Waals surface area (Å²) < 4.78 is 0. The van der Waals surface area contributed by atoms with Crippen molar-refractivity contribution < 1.29 is 4.79 Å². The zero-order chi connectivity index (χ0) is 18.9. The lowest BCUT2D eigenvalue weighted by Gasteiger charge is -2.43. The summed E-state index contributed by atoms with van der Waals surface area (Å²) >= 11 is 0. The lowest BCUT2D eigenvalue weighted by atomic mass is 9.61. The second-order valence-electron chi connectivity index (χ2n) is 9.98. The molecule has 0 heterocycles. The van der Waals surface area contributed by atoms with Crippen LogP contribution in [0.5, 0.6) is 0 Å². The van der Waals surface area contributed by atoms with Crippen LogP contribution in [-0.2, 0) is 22.7 Å². The number of benzene rings is 2. The van der Waals surface area contributed by atoms with Gasteiger partial charge in [-0.15, -0.1) is 0 Å². The summed E-state index contributed by atoms with van der Waals surface area (Å²) in [6, 6.07) is 12.9. The van der Waals surface area contributed by atoms with Crippen LogP contribution in [0.1, 0.15) is 85.6 Å². The Morgan fingerprint density at radius 1 is 0.808 bits per heavy atom. The van der Waals surface area contributed by atoms with Gasteiger partial charge in [-0.1, -0.05) is 64.1 Å². The van der Waals surface area contributed by atoms with Crippen LogP contribution in [0.4, 0.5) is 0 Å². The van der Waals surface area contributed by atoms with Crippen LogP contribution >= 0.6 is 0 Å². The topological polar surface area (TPSA) is 17.1 Å².